The van der Waals surface area contributed by atoms with Gasteiger partial charge in [-0.3, -0.25) is 4.79 Å². The van der Waals surface area contributed by atoms with Gasteiger partial charge in [0, 0.05) is 31.9 Å². The minimum absolute atomic E-state index is 0.189. The topological polar surface area (TPSA) is 95.7 Å². The van der Waals surface area contributed by atoms with Crippen molar-refractivity contribution < 1.29 is 13.2 Å². The van der Waals surface area contributed by atoms with Gasteiger partial charge in [-0.05, 0) is 38.1 Å². The molecule has 1 saturated heterocycles. The maximum atomic E-state index is 12.9. The standard InChI is InChI=1S/C18H30N4O3S/c1-4-9-18(3,19)17(23)20-15-7-6-8-16(14-15)26(24,25)22-12-10-21(5-2)11-13-22/h6-8,14H,4-5,9-13,19H2,1-3H3,(H,20,23). The lowest BCUT2D eigenvalue weighted by atomic mass is 9.96. The summed E-state index contributed by atoms with van der Waals surface area (Å²) in [5.74, 6) is -0.314. The number of likely N-dealkylation sites (N-methyl/N-ethyl adjacent to an activating group) is 1. The minimum Gasteiger partial charge on any atom is -0.324 e. The third-order valence-corrected chi connectivity index (χ3v) is 6.69. The van der Waals surface area contributed by atoms with Gasteiger partial charge in [0.2, 0.25) is 15.9 Å². The van der Waals surface area contributed by atoms with Crippen LogP contribution in [0.4, 0.5) is 5.69 Å². The van der Waals surface area contributed by atoms with Crippen molar-refractivity contribution in [2.75, 3.05) is 38.0 Å². The van der Waals surface area contributed by atoms with E-state index < -0.39 is 15.6 Å². The van der Waals surface area contributed by atoms with Crippen molar-refractivity contribution in [3.05, 3.63) is 24.3 Å². The van der Waals surface area contributed by atoms with Crippen molar-refractivity contribution >= 4 is 21.6 Å². The Kier molecular flexibility index (Phi) is 6.79. The highest BCUT2D eigenvalue weighted by atomic mass is 32.2. The first kappa shape index (κ1) is 20.8. The highest BCUT2D eigenvalue weighted by molar-refractivity contribution is 7.89. The van der Waals surface area contributed by atoms with E-state index in [0.717, 1.165) is 26.1 Å². The van der Waals surface area contributed by atoms with Crippen LogP contribution in [0.15, 0.2) is 29.2 Å². The molecule has 1 aliphatic rings. The number of hydrogen-bond acceptors (Lipinski definition) is 5. The molecule has 0 radical (unpaired) electrons. The number of rotatable bonds is 7. The molecule has 146 valence electrons. The summed E-state index contributed by atoms with van der Waals surface area (Å²) in [5.41, 5.74) is 5.50. The van der Waals surface area contributed by atoms with Crippen molar-refractivity contribution in [2.24, 2.45) is 5.73 Å². The first-order valence-corrected chi connectivity index (χ1v) is 10.6. The summed E-state index contributed by atoms with van der Waals surface area (Å²) in [6, 6.07) is 6.37. The van der Waals surface area contributed by atoms with Crippen LogP contribution in [-0.4, -0.2) is 61.8 Å². The molecule has 0 aromatic heterocycles. The number of amides is 1. The van der Waals surface area contributed by atoms with E-state index in [1.807, 2.05) is 6.92 Å². The second-order valence-electron chi connectivity index (χ2n) is 6.99. The molecule has 1 aromatic rings. The van der Waals surface area contributed by atoms with Crippen LogP contribution in [-0.2, 0) is 14.8 Å². The number of anilines is 1. The van der Waals surface area contributed by atoms with Crippen LogP contribution in [0.1, 0.15) is 33.6 Å². The molecule has 3 N–H and O–H groups in total. The van der Waals surface area contributed by atoms with E-state index in [2.05, 4.69) is 17.1 Å². The Balaban J connectivity index is 2.14. The van der Waals surface area contributed by atoms with E-state index in [1.54, 1.807) is 25.1 Å². The largest absolute Gasteiger partial charge is 0.324 e. The summed E-state index contributed by atoms with van der Waals surface area (Å²) in [7, 11) is -3.57. The van der Waals surface area contributed by atoms with Crippen LogP contribution in [0.3, 0.4) is 0 Å². The third-order valence-electron chi connectivity index (χ3n) is 4.80. The van der Waals surface area contributed by atoms with Gasteiger partial charge in [0.1, 0.15) is 0 Å². The molecule has 0 bridgehead atoms. The maximum absolute atomic E-state index is 12.9. The lowest BCUT2D eigenvalue weighted by Gasteiger charge is -2.33. The van der Waals surface area contributed by atoms with E-state index in [-0.39, 0.29) is 10.8 Å². The van der Waals surface area contributed by atoms with Gasteiger partial charge < -0.3 is 16.0 Å². The first-order chi connectivity index (χ1) is 12.2. The van der Waals surface area contributed by atoms with Crippen molar-refractivity contribution in [1.82, 2.24) is 9.21 Å². The number of sulfonamides is 1. The van der Waals surface area contributed by atoms with Crippen molar-refractivity contribution in [1.29, 1.82) is 0 Å². The summed E-state index contributed by atoms with van der Waals surface area (Å²) in [6.07, 6.45) is 1.34. The number of nitrogens with zero attached hydrogens (tertiary/aromatic N) is 2. The molecule has 1 aromatic carbocycles. The van der Waals surface area contributed by atoms with Crippen molar-refractivity contribution in [2.45, 2.75) is 44.0 Å². The van der Waals surface area contributed by atoms with E-state index >= 15 is 0 Å². The van der Waals surface area contributed by atoms with Crippen LogP contribution >= 0.6 is 0 Å². The molecule has 1 fully saturated rings. The van der Waals surface area contributed by atoms with Crippen LogP contribution in [0.5, 0.6) is 0 Å². The van der Waals surface area contributed by atoms with E-state index in [9.17, 15) is 13.2 Å². The van der Waals surface area contributed by atoms with E-state index in [1.165, 1.54) is 10.4 Å². The summed E-state index contributed by atoms with van der Waals surface area (Å²) in [4.78, 5) is 14.8. The lowest BCUT2D eigenvalue weighted by Crippen LogP contribution is -2.48. The summed E-state index contributed by atoms with van der Waals surface area (Å²) in [5, 5.41) is 2.74. The Morgan fingerprint density at radius 1 is 1.23 bits per heavy atom. The minimum atomic E-state index is -3.57. The van der Waals surface area contributed by atoms with Gasteiger partial charge in [-0.1, -0.05) is 26.3 Å². The van der Waals surface area contributed by atoms with Crippen LogP contribution in [0, 0.1) is 0 Å². The second kappa shape index (κ2) is 8.47. The fraction of sp³-hybridized carbons (Fsp3) is 0.611. The highest BCUT2D eigenvalue weighted by Crippen LogP contribution is 2.22. The van der Waals surface area contributed by atoms with Gasteiger partial charge in [-0.15, -0.1) is 0 Å². The first-order valence-electron chi connectivity index (χ1n) is 9.13. The SMILES string of the molecule is CCCC(C)(N)C(=O)Nc1cccc(S(=O)(=O)N2CCN(CC)CC2)c1. The Morgan fingerprint density at radius 2 is 1.88 bits per heavy atom. The van der Waals surface area contributed by atoms with Crippen LogP contribution < -0.4 is 11.1 Å². The third kappa shape index (κ3) is 4.82. The molecule has 1 unspecified atom stereocenters. The van der Waals surface area contributed by atoms with Gasteiger partial charge >= 0.3 is 0 Å². The zero-order valence-corrected chi connectivity index (χ0v) is 16.7. The molecule has 0 spiro atoms. The average molecular weight is 383 g/mol. The number of carbonyl (C=O) groups excluding carboxylic acids is 1. The molecule has 1 atom stereocenters. The van der Waals surface area contributed by atoms with Crippen LogP contribution in [0.2, 0.25) is 0 Å². The monoisotopic (exact) mass is 382 g/mol. The van der Waals surface area contributed by atoms with Gasteiger partial charge in [-0.25, -0.2) is 8.42 Å². The zero-order chi connectivity index (χ0) is 19.4. The second-order valence-corrected chi connectivity index (χ2v) is 8.93. The molecule has 26 heavy (non-hydrogen) atoms. The quantitative estimate of drug-likeness (QED) is 0.744. The van der Waals surface area contributed by atoms with Gasteiger partial charge in [0.25, 0.3) is 0 Å². The smallest absolute Gasteiger partial charge is 0.244 e. The number of carbonyl (C=O) groups is 1. The van der Waals surface area contributed by atoms with E-state index in [4.69, 9.17) is 5.73 Å². The van der Waals surface area contributed by atoms with Gasteiger partial charge in [-0.2, -0.15) is 4.31 Å². The fourth-order valence-corrected chi connectivity index (χ4v) is 4.54. The maximum Gasteiger partial charge on any atom is 0.244 e. The zero-order valence-electron chi connectivity index (χ0n) is 15.9. The van der Waals surface area contributed by atoms with Gasteiger partial charge in [0.05, 0.1) is 10.4 Å². The Morgan fingerprint density at radius 3 is 2.46 bits per heavy atom. The van der Waals surface area contributed by atoms with Crippen LogP contribution in [0.25, 0.3) is 0 Å². The number of nitrogens with one attached hydrogen (secondary N) is 1. The molecule has 8 heteroatoms. The molecule has 2 rings (SSSR count). The highest BCUT2D eigenvalue weighted by Gasteiger charge is 2.30. The molecule has 1 heterocycles. The van der Waals surface area contributed by atoms with E-state index in [0.29, 0.717) is 25.2 Å². The summed E-state index contributed by atoms with van der Waals surface area (Å²) in [6.45, 7) is 9.05. The Hall–Kier alpha value is -1.48. The Labute approximate surface area is 156 Å². The van der Waals surface area contributed by atoms with Crippen molar-refractivity contribution in [3.8, 4) is 0 Å². The summed E-state index contributed by atoms with van der Waals surface area (Å²) < 4.78 is 27.3. The predicted molar refractivity (Wildman–Crippen MR) is 103 cm³/mol. The molecule has 1 aliphatic heterocycles. The summed E-state index contributed by atoms with van der Waals surface area (Å²) >= 11 is 0. The molecule has 1 amide bonds. The normalized spacial score (nSPS) is 19.1. The molecule has 0 aliphatic carbocycles. The number of nitrogens with two attached hydrogens (primary N) is 1. The number of benzene rings is 1. The lowest BCUT2D eigenvalue weighted by molar-refractivity contribution is -0.120. The number of piperazine rings is 1. The predicted octanol–water partition coefficient (Wildman–Crippen LogP) is 1.47. The van der Waals surface area contributed by atoms with Gasteiger partial charge in [0.15, 0.2) is 0 Å². The van der Waals surface area contributed by atoms with Crippen molar-refractivity contribution in [3.63, 3.8) is 0 Å². The Bertz CT molecular complexity index is 726. The average Bonchev–Trinajstić information content (AvgIpc) is 2.62. The number of hydrogen-bond donors (Lipinski definition) is 2. The molecule has 7 nitrogen and oxygen atoms in total. The molecular weight excluding hydrogens is 352 g/mol. The molecule has 0 saturated carbocycles. The molecular formula is C18H30N4O3S. The fourth-order valence-electron chi connectivity index (χ4n) is 3.08.